The fourth-order valence-electron chi connectivity index (χ4n) is 1.66. The Morgan fingerprint density at radius 3 is 2.65 bits per heavy atom. The number of carbonyl (C=O) groups is 1. The van der Waals surface area contributed by atoms with E-state index in [2.05, 4.69) is 0 Å². The number of aliphatic carboxylic acids is 1. The van der Waals surface area contributed by atoms with Crippen LogP contribution in [0, 0.1) is 11.7 Å². The Morgan fingerprint density at radius 2 is 2.18 bits per heavy atom. The summed E-state index contributed by atoms with van der Waals surface area (Å²) < 4.78 is 12.9. The fraction of sp³-hybridized carbons (Fsp3) is 0.417. The maximum Gasteiger partial charge on any atom is 0.309 e. The van der Waals surface area contributed by atoms with Gasteiger partial charge >= 0.3 is 5.97 Å². The van der Waals surface area contributed by atoms with Crippen LogP contribution in [-0.4, -0.2) is 16.2 Å². The number of carboxylic acids is 1. The molecule has 2 unspecified atom stereocenters. The lowest BCUT2D eigenvalue weighted by Gasteiger charge is -2.19. The summed E-state index contributed by atoms with van der Waals surface area (Å²) in [6.07, 6.45) is -0.181. The highest BCUT2D eigenvalue weighted by molar-refractivity contribution is 6.30. The lowest BCUT2D eigenvalue weighted by atomic mass is 9.92. The number of hydrogen-bond donors (Lipinski definition) is 2. The molecule has 0 spiro atoms. The molecular weight excluding hydrogens is 247 g/mol. The van der Waals surface area contributed by atoms with Gasteiger partial charge in [0.05, 0.1) is 17.0 Å². The average Bonchev–Trinajstić information content (AvgIpc) is 2.28. The normalized spacial score (nSPS) is 14.4. The Labute approximate surface area is 104 Å². The van der Waals surface area contributed by atoms with Gasteiger partial charge in [-0.15, -0.1) is 0 Å². The van der Waals surface area contributed by atoms with Gasteiger partial charge in [-0.3, -0.25) is 4.79 Å². The molecule has 94 valence electrons. The number of halogens is 2. The van der Waals surface area contributed by atoms with Gasteiger partial charge < -0.3 is 10.2 Å². The van der Waals surface area contributed by atoms with Crippen LogP contribution in [0.1, 0.15) is 31.4 Å². The summed E-state index contributed by atoms with van der Waals surface area (Å²) in [5.74, 6) is -2.56. The SMILES string of the molecule is CCCC(C(=O)O)C(O)c1ccc(F)c(Cl)c1. The smallest absolute Gasteiger partial charge is 0.309 e. The van der Waals surface area contributed by atoms with Crippen LogP contribution in [0.25, 0.3) is 0 Å². The van der Waals surface area contributed by atoms with Crippen LogP contribution in [0.3, 0.4) is 0 Å². The summed E-state index contributed by atoms with van der Waals surface area (Å²) in [5.41, 5.74) is 0.317. The van der Waals surface area contributed by atoms with E-state index in [1.54, 1.807) is 0 Å². The molecule has 0 fully saturated rings. The lowest BCUT2D eigenvalue weighted by Crippen LogP contribution is -2.21. The van der Waals surface area contributed by atoms with Crippen LogP contribution in [0.4, 0.5) is 4.39 Å². The third-order valence-corrected chi connectivity index (χ3v) is 2.87. The van der Waals surface area contributed by atoms with E-state index < -0.39 is 23.8 Å². The van der Waals surface area contributed by atoms with Crippen molar-refractivity contribution in [1.82, 2.24) is 0 Å². The Kier molecular flexibility index (Phi) is 4.90. The van der Waals surface area contributed by atoms with Gasteiger partial charge in [0.15, 0.2) is 0 Å². The largest absolute Gasteiger partial charge is 0.481 e. The minimum atomic E-state index is -1.18. The second-order valence-electron chi connectivity index (χ2n) is 3.85. The van der Waals surface area contributed by atoms with Crippen molar-refractivity contribution in [3.63, 3.8) is 0 Å². The first kappa shape index (κ1) is 13.9. The zero-order valence-corrected chi connectivity index (χ0v) is 10.1. The van der Waals surface area contributed by atoms with Gasteiger partial charge in [-0.05, 0) is 24.1 Å². The number of carboxylic acid groups (broad SMARTS) is 1. The van der Waals surface area contributed by atoms with Crippen molar-refractivity contribution >= 4 is 17.6 Å². The molecule has 0 aliphatic carbocycles. The topological polar surface area (TPSA) is 57.5 Å². The van der Waals surface area contributed by atoms with E-state index in [0.29, 0.717) is 18.4 Å². The molecule has 0 aromatic heterocycles. The molecule has 1 aromatic rings. The van der Waals surface area contributed by atoms with E-state index in [9.17, 15) is 14.3 Å². The highest BCUT2D eigenvalue weighted by Gasteiger charge is 2.27. The standard InChI is InChI=1S/C12H14ClFO3/c1-2-3-8(12(16)17)11(15)7-4-5-10(14)9(13)6-7/h4-6,8,11,15H,2-3H2,1H3,(H,16,17). The second-order valence-corrected chi connectivity index (χ2v) is 4.26. The second kappa shape index (κ2) is 5.98. The van der Waals surface area contributed by atoms with Gasteiger partial charge in [-0.2, -0.15) is 0 Å². The van der Waals surface area contributed by atoms with Crippen molar-refractivity contribution in [2.75, 3.05) is 0 Å². The zero-order valence-electron chi connectivity index (χ0n) is 9.36. The Morgan fingerprint density at radius 1 is 1.53 bits per heavy atom. The first-order valence-corrected chi connectivity index (χ1v) is 5.71. The first-order valence-electron chi connectivity index (χ1n) is 5.33. The fourth-order valence-corrected chi connectivity index (χ4v) is 1.85. The van der Waals surface area contributed by atoms with E-state index in [1.165, 1.54) is 12.1 Å². The van der Waals surface area contributed by atoms with Crippen molar-refractivity contribution in [2.45, 2.75) is 25.9 Å². The molecule has 0 saturated carbocycles. The van der Waals surface area contributed by atoms with E-state index in [0.717, 1.165) is 6.07 Å². The van der Waals surface area contributed by atoms with Crippen molar-refractivity contribution in [1.29, 1.82) is 0 Å². The molecule has 2 N–H and O–H groups in total. The molecule has 5 heteroatoms. The van der Waals surface area contributed by atoms with Crippen molar-refractivity contribution in [3.8, 4) is 0 Å². The number of benzene rings is 1. The summed E-state index contributed by atoms with van der Waals surface area (Å²) in [6, 6.07) is 3.72. The number of hydrogen-bond acceptors (Lipinski definition) is 2. The highest BCUT2D eigenvalue weighted by atomic mass is 35.5. The van der Waals surface area contributed by atoms with Gasteiger partial charge in [0.25, 0.3) is 0 Å². The van der Waals surface area contributed by atoms with Crippen LogP contribution in [0.15, 0.2) is 18.2 Å². The van der Waals surface area contributed by atoms with E-state index in [1.807, 2.05) is 6.92 Å². The number of rotatable bonds is 5. The number of aliphatic hydroxyl groups is 1. The van der Waals surface area contributed by atoms with Gasteiger partial charge in [0, 0.05) is 0 Å². The monoisotopic (exact) mass is 260 g/mol. The summed E-state index contributed by atoms with van der Waals surface area (Å²) in [7, 11) is 0. The van der Waals surface area contributed by atoms with E-state index >= 15 is 0 Å². The third kappa shape index (κ3) is 3.41. The molecule has 2 atom stereocenters. The van der Waals surface area contributed by atoms with Crippen molar-refractivity contribution in [2.24, 2.45) is 5.92 Å². The summed E-state index contributed by atoms with van der Waals surface area (Å²) in [5, 5.41) is 18.8. The molecule has 0 aliphatic heterocycles. The van der Waals surface area contributed by atoms with Crippen molar-refractivity contribution < 1.29 is 19.4 Å². The van der Waals surface area contributed by atoms with Crippen LogP contribution < -0.4 is 0 Å². The molecular formula is C12H14ClFO3. The summed E-state index contributed by atoms with van der Waals surface area (Å²) in [6.45, 7) is 1.83. The summed E-state index contributed by atoms with van der Waals surface area (Å²) >= 11 is 5.59. The lowest BCUT2D eigenvalue weighted by molar-refractivity contribution is -0.146. The van der Waals surface area contributed by atoms with Gasteiger partial charge in [-0.1, -0.05) is 31.0 Å². The Hall–Kier alpha value is -1.13. The highest BCUT2D eigenvalue weighted by Crippen LogP contribution is 2.28. The summed E-state index contributed by atoms with van der Waals surface area (Å²) in [4.78, 5) is 11.0. The minimum Gasteiger partial charge on any atom is -0.481 e. The molecule has 1 aromatic carbocycles. The maximum absolute atomic E-state index is 12.9. The molecule has 0 heterocycles. The minimum absolute atomic E-state index is 0.123. The first-order chi connectivity index (χ1) is 7.97. The van der Waals surface area contributed by atoms with Gasteiger partial charge in [0.1, 0.15) is 5.82 Å². The Balaban J connectivity index is 2.96. The molecule has 0 bridgehead atoms. The van der Waals surface area contributed by atoms with Gasteiger partial charge in [-0.25, -0.2) is 4.39 Å². The van der Waals surface area contributed by atoms with E-state index in [4.69, 9.17) is 16.7 Å². The predicted octanol–water partition coefficient (Wildman–Crippen LogP) is 3.01. The van der Waals surface area contributed by atoms with Crippen LogP contribution >= 0.6 is 11.6 Å². The van der Waals surface area contributed by atoms with Crippen LogP contribution in [0.5, 0.6) is 0 Å². The number of aliphatic hydroxyl groups excluding tert-OH is 1. The van der Waals surface area contributed by atoms with Crippen molar-refractivity contribution in [3.05, 3.63) is 34.6 Å². The van der Waals surface area contributed by atoms with Crippen LogP contribution in [-0.2, 0) is 4.79 Å². The Bertz CT molecular complexity index is 409. The predicted molar refractivity (Wildman–Crippen MR) is 62.4 cm³/mol. The molecule has 1 rings (SSSR count). The molecule has 0 radical (unpaired) electrons. The van der Waals surface area contributed by atoms with E-state index in [-0.39, 0.29) is 5.02 Å². The molecule has 0 aliphatic rings. The average molecular weight is 261 g/mol. The molecule has 0 saturated heterocycles. The van der Waals surface area contributed by atoms with Crippen LogP contribution in [0.2, 0.25) is 5.02 Å². The quantitative estimate of drug-likeness (QED) is 0.856. The van der Waals surface area contributed by atoms with Gasteiger partial charge in [0.2, 0.25) is 0 Å². The zero-order chi connectivity index (χ0) is 13.0. The molecule has 17 heavy (non-hydrogen) atoms. The third-order valence-electron chi connectivity index (χ3n) is 2.58. The molecule has 3 nitrogen and oxygen atoms in total. The molecule has 0 amide bonds. The maximum atomic E-state index is 12.9.